The minimum atomic E-state index is -4.55. The van der Waals surface area contributed by atoms with Crippen LogP contribution in [0.15, 0.2) is 53.4 Å². The fraction of sp³-hybridized carbons (Fsp3) is 0.316. The predicted octanol–water partition coefficient (Wildman–Crippen LogP) is 2.99. The third kappa shape index (κ3) is 6.01. The number of hydrogen-bond donors (Lipinski definition) is 2. The van der Waals surface area contributed by atoms with Gasteiger partial charge in [0.15, 0.2) is 0 Å². The Morgan fingerprint density at radius 1 is 1.03 bits per heavy atom. The minimum Gasteiger partial charge on any atom is -0.354 e. The Morgan fingerprint density at radius 3 is 2.26 bits per heavy atom. The first kappa shape index (κ1) is 24.3. The quantitative estimate of drug-likeness (QED) is 0.357. The van der Waals surface area contributed by atoms with Gasteiger partial charge in [-0.15, -0.1) is 0 Å². The van der Waals surface area contributed by atoms with Gasteiger partial charge in [-0.1, -0.05) is 24.3 Å². The van der Waals surface area contributed by atoms with Crippen molar-refractivity contribution in [3.63, 3.8) is 0 Å². The first-order valence-electron chi connectivity index (χ1n) is 8.95. The number of non-ortho nitro benzene ring substituents is 1. The van der Waals surface area contributed by atoms with Crippen LogP contribution in [0.4, 0.5) is 18.9 Å². The normalized spacial score (nSPS) is 12.4. The van der Waals surface area contributed by atoms with Crippen molar-refractivity contribution in [1.82, 2.24) is 10.0 Å². The molecule has 12 heteroatoms. The lowest BCUT2D eigenvalue weighted by atomic mass is 9.83. The molecular formula is C19H20F3N3O5S. The highest BCUT2D eigenvalue weighted by Gasteiger charge is 2.34. The number of benzene rings is 2. The summed E-state index contributed by atoms with van der Waals surface area (Å²) in [6.45, 7) is 2.53. The van der Waals surface area contributed by atoms with Gasteiger partial charge < -0.3 is 5.32 Å². The van der Waals surface area contributed by atoms with E-state index in [9.17, 15) is 36.5 Å². The lowest BCUT2D eigenvalue weighted by Crippen LogP contribution is -2.43. The van der Waals surface area contributed by atoms with E-state index < -0.39 is 38.0 Å². The average Bonchev–Trinajstić information content (AvgIpc) is 2.70. The lowest BCUT2D eigenvalue weighted by molar-refractivity contribution is -0.385. The third-order valence-electron chi connectivity index (χ3n) is 4.52. The van der Waals surface area contributed by atoms with Crippen LogP contribution in [0.2, 0.25) is 0 Å². The summed E-state index contributed by atoms with van der Waals surface area (Å²) < 4.78 is 65.5. The number of carbonyl (C=O) groups is 1. The Morgan fingerprint density at radius 2 is 1.65 bits per heavy atom. The summed E-state index contributed by atoms with van der Waals surface area (Å²) in [5, 5.41) is 13.3. The Balaban J connectivity index is 2.00. The molecule has 8 nitrogen and oxygen atoms in total. The number of nitrogens with one attached hydrogen (secondary N) is 2. The van der Waals surface area contributed by atoms with Gasteiger partial charge in [-0.05, 0) is 31.5 Å². The zero-order valence-electron chi connectivity index (χ0n) is 16.6. The van der Waals surface area contributed by atoms with Gasteiger partial charge in [0.1, 0.15) is 0 Å². The second-order valence-corrected chi connectivity index (χ2v) is 8.88. The minimum absolute atomic E-state index is 0.143. The maximum Gasteiger partial charge on any atom is 0.416 e. The molecule has 1 amide bonds. The standard InChI is InChI=1S/C19H20F3N3O5S/c1-18(2,13-5-3-6-14(11-13)19(20,21)22)17(26)23-9-10-24-31(29,30)16-8-4-7-15(12-16)25(27)28/h3-8,11-12,24H,9-10H2,1-2H3,(H,23,26). The number of nitro groups is 1. The van der Waals surface area contributed by atoms with Crippen LogP contribution >= 0.6 is 0 Å². The molecule has 168 valence electrons. The van der Waals surface area contributed by atoms with Crippen LogP contribution in [0.3, 0.4) is 0 Å². The Hall–Kier alpha value is -2.99. The zero-order valence-corrected chi connectivity index (χ0v) is 17.4. The van der Waals surface area contributed by atoms with Gasteiger partial charge in [0, 0.05) is 25.2 Å². The van der Waals surface area contributed by atoms with Crippen molar-refractivity contribution >= 4 is 21.6 Å². The smallest absolute Gasteiger partial charge is 0.354 e. The van der Waals surface area contributed by atoms with Crippen LogP contribution in [-0.2, 0) is 26.4 Å². The molecule has 0 fully saturated rings. The van der Waals surface area contributed by atoms with Crippen LogP contribution in [0.25, 0.3) is 0 Å². The van der Waals surface area contributed by atoms with Crippen molar-refractivity contribution in [1.29, 1.82) is 0 Å². The molecule has 0 aliphatic heterocycles. The highest BCUT2D eigenvalue weighted by Crippen LogP contribution is 2.32. The van der Waals surface area contributed by atoms with Crippen molar-refractivity contribution in [3.8, 4) is 0 Å². The maximum atomic E-state index is 12.9. The number of carbonyl (C=O) groups excluding carboxylic acids is 1. The van der Waals surface area contributed by atoms with E-state index in [0.717, 1.165) is 24.3 Å². The van der Waals surface area contributed by atoms with Crippen LogP contribution in [-0.4, -0.2) is 32.3 Å². The highest BCUT2D eigenvalue weighted by molar-refractivity contribution is 7.89. The van der Waals surface area contributed by atoms with E-state index in [2.05, 4.69) is 10.0 Å². The molecule has 0 unspecified atom stereocenters. The molecule has 0 bridgehead atoms. The molecule has 0 spiro atoms. The van der Waals surface area contributed by atoms with Crippen molar-refractivity contribution in [2.45, 2.75) is 30.3 Å². The molecule has 0 aromatic heterocycles. The van der Waals surface area contributed by atoms with E-state index >= 15 is 0 Å². The van der Waals surface area contributed by atoms with Crippen molar-refractivity contribution in [3.05, 3.63) is 69.8 Å². The summed E-state index contributed by atoms with van der Waals surface area (Å²) in [6, 6.07) is 8.87. The average molecular weight is 459 g/mol. The Kier molecular flexibility index (Phi) is 7.06. The lowest BCUT2D eigenvalue weighted by Gasteiger charge is -2.25. The van der Waals surface area contributed by atoms with E-state index in [-0.39, 0.29) is 29.2 Å². The molecule has 0 heterocycles. The van der Waals surface area contributed by atoms with Gasteiger partial charge in [0.05, 0.1) is 20.8 Å². The van der Waals surface area contributed by atoms with Crippen LogP contribution in [0.1, 0.15) is 25.0 Å². The molecule has 0 aliphatic rings. The van der Waals surface area contributed by atoms with Crippen LogP contribution in [0.5, 0.6) is 0 Å². The molecule has 0 saturated carbocycles. The highest BCUT2D eigenvalue weighted by atomic mass is 32.2. The molecule has 2 aromatic carbocycles. The van der Waals surface area contributed by atoms with Crippen molar-refractivity contribution < 1.29 is 31.3 Å². The van der Waals surface area contributed by atoms with Gasteiger partial charge in [-0.25, -0.2) is 13.1 Å². The monoisotopic (exact) mass is 459 g/mol. The number of rotatable bonds is 8. The Bertz CT molecular complexity index is 1090. The first-order chi connectivity index (χ1) is 14.2. The van der Waals surface area contributed by atoms with E-state index in [1.807, 2.05) is 0 Å². The van der Waals surface area contributed by atoms with Crippen molar-refractivity contribution in [2.24, 2.45) is 0 Å². The third-order valence-corrected chi connectivity index (χ3v) is 5.98. The van der Waals surface area contributed by atoms with Crippen molar-refractivity contribution in [2.75, 3.05) is 13.1 Å². The molecule has 31 heavy (non-hydrogen) atoms. The number of amides is 1. The summed E-state index contributed by atoms with van der Waals surface area (Å²) in [7, 11) is -4.05. The van der Waals surface area contributed by atoms with Gasteiger partial charge in [-0.3, -0.25) is 14.9 Å². The van der Waals surface area contributed by atoms with Crippen LogP contribution < -0.4 is 10.0 Å². The molecule has 0 aliphatic carbocycles. The molecular weight excluding hydrogens is 439 g/mol. The van der Waals surface area contributed by atoms with E-state index in [1.165, 1.54) is 38.1 Å². The molecule has 0 saturated heterocycles. The summed E-state index contributed by atoms with van der Waals surface area (Å²) in [5.41, 5.74) is -2.42. The fourth-order valence-electron chi connectivity index (χ4n) is 2.65. The Labute approximate surface area is 176 Å². The maximum absolute atomic E-state index is 12.9. The van der Waals surface area contributed by atoms with Gasteiger partial charge in [0.25, 0.3) is 5.69 Å². The summed E-state index contributed by atoms with van der Waals surface area (Å²) in [6.07, 6.45) is -4.55. The van der Waals surface area contributed by atoms with E-state index in [4.69, 9.17) is 0 Å². The zero-order chi connectivity index (χ0) is 23.4. The van der Waals surface area contributed by atoms with E-state index in [1.54, 1.807) is 0 Å². The largest absolute Gasteiger partial charge is 0.416 e. The summed E-state index contributed by atoms with van der Waals surface area (Å²) in [4.78, 5) is 22.2. The second-order valence-electron chi connectivity index (χ2n) is 7.11. The first-order valence-corrected chi connectivity index (χ1v) is 10.4. The molecule has 2 N–H and O–H groups in total. The predicted molar refractivity (Wildman–Crippen MR) is 106 cm³/mol. The van der Waals surface area contributed by atoms with Gasteiger partial charge in [-0.2, -0.15) is 13.2 Å². The number of nitrogens with zero attached hydrogens (tertiary/aromatic N) is 1. The van der Waals surface area contributed by atoms with E-state index in [0.29, 0.717) is 0 Å². The summed E-state index contributed by atoms with van der Waals surface area (Å²) in [5.74, 6) is -0.596. The SMILES string of the molecule is CC(C)(C(=O)NCCNS(=O)(=O)c1cccc([N+](=O)[O-])c1)c1cccc(C(F)(F)F)c1. The van der Waals surface area contributed by atoms with Crippen LogP contribution in [0, 0.1) is 10.1 Å². The summed E-state index contributed by atoms with van der Waals surface area (Å²) >= 11 is 0. The molecule has 0 radical (unpaired) electrons. The number of halogens is 3. The second kappa shape index (κ2) is 9.02. The number of nitro benzene ring substituents is 1. The molecule has 2 rings (SSSR count). The van der Waals surface area contributed by atoms with Gasteiger partial charge in [0.2, 0.25) is 15.9 Å². The topological polar surface area (TPSA) is 118 Å². The molecule has 0 atom stereocenters. The fourth-order valence-corrected chi connectivity index (χ4v) is 3.72. The molecule has 2 aromatic rings. The number of sulfonamides is 1. The number of hydrogen-bond acceptors (Lipinski definition) is 5. The van der Waals surface area contributed by atoms with Gasteiger partial charge >= 0.3 is 6.18 Å². The number of alkyl halides is 3.